The fourth-order valence-corrected chi connectivity index (χ4v) is 3.66. The highest BCUT2D eigenvalue weighted by Crippen LogP contribution is 2.27. The van der Waals surface area contributed by atoms with Gasteiger partial charge in [0.15, 0.2) is 0 Å². The zero-order valence-corrected chi connectivity index (χ0v) is 23.9. The molecular formula is C28H44N2O7. The Morgan fingerprint density at radius 2 is 1.57 bits per heavy atom. The van der Waals surface area contributed by atoms with Crippen LogP contribution in [0.4, 0.5) is 4.79 Å². The van der Waals surface area contributed by atoms with Gasteiger partial charge >= 0.3 is 12.1 Å². The number of ether oxygens (including phenoxy) is 4. The van der Waals surface area contributed by atoms with Crippen molar-refractivity contribution in [2.24, 2.45) is 0 Å². The second-order valence-corrected chi connectivity index (χ2v) is 11.1. The molecule has 0 aliphatic carbocycles. The van der Waals surface area contributed by atoms with Crippen LogP contribution in [0.15, 0.2) is 24.3 Å². The van der Waals surface area contributed by atoms with Crippen LogP contribution in [0.5, 0.6) is 5.75 Å². The van der Waals surface area contributed by atoms with Crippen LogP contribution in [0, 0.1) is 11.8 Å². The van der Waals surface area contributed by atoms with Crippen LogP contribution in [0.1, 0.15) is 73.8 Å². The Hall–Kier alpha value is -2.80. The lowest BCUT2D eigenvalue weighted by Crippen LogP contribution is -2.62. The number of hydrogen-bond acceptors (Lipinski definition) is 8. The van der Waals surface area contributed by atoms with Gasteiger partial charge in [0.1, 0.15) is 23.0 Å². The maximum absolute atomic E-state index is 12.9. The lowest BCUT2D eigenvalue weighted by molar-refractivity contribution is -0.151. The van der Waals surface area contributed by atoms with Gasteiger partial charge in [-0.1, -0.05) is 31.4 Å². The van der Waals surface area contributed by atoms with Crippen LogP contribution >= 0.6 is 0 Å². The van der Waals surface area contributed by atoms with Gasteiger partial charge in [0.2, 0.25) is 0 Å². The number of carbonyl (C=O) groups is 2. The molecule has 0 saturated carbocycles. The number of methoxy groups -OCH3 is 2. The first-order valence-electron chi connectivity index (χ1n) is 12.4. The predicted octanol–water partition coefficient (Wildman–Crippen LogP) is 4.70. The van der Waals surface area contributed by atoms with Crippen molar-refractivity contribution in [3.05, 3.63) is 29.8 Å². The van der Waals surface area contributed by atoms with E-state index in [1.54, 1.807) is 72.9 Å². The normalized spacial score (nSPS) is 15.0. The Labute approximate surface area is 221 Å². The molecular weight excluding hydrogens is 476 g/mol. The van der Waals surface area contributed by atoms with Crippen LogP contribution in [-0.2, 0) is 25.5 Å². The number of hydrogen-bond donors (Lipinski definition) is 2. The van der Waals surface area contributed by atoms with Gasteiger partial charge < -0.3 is 29.5 Å². The molecule has 9 nitrogen and oxygen atoms in total. The summed E-state index contributed by atoms with van der Waals surface area (Å²) in [5.74, 6) is 5.24. The van der Waals surface area contributed by atoms with Crippen molar-refractivity contribution in [3.8, 4) is 17.6 Å². The zero-order valence-electron chi connectivity index (χ0n) is 23.9. The summed E-state index contributed by atoms with van der Waals surface area (Å²) in [7, 11) is 3.10. The van der Waals surface area contributed by atoms with Crippen LogP contribution in [0.2, 0.25) is 0 Å². The van der Waals surface area contributed by atoms with Crippen LogP contribution in [0.25, 0.3) is 0 Å². The van der Waals surface area contributed by atoms with E-state index < -0.39 is 40.9 Å². The Morgan fingerprint density at radius 3 is 2.03 bits per heavy atom. The number of hydroxylamine groups is 2. The number of alkyl carbamates (subject to hydrolysis) is 1. The molecule has 0 spiro atoms. The Kier molecular flexibility index (Phi) is 11.9. The highest BCUT2D eigenvalue weighted by atomic mass is 16.6. The number of carbonyl (C=O) groups excluding carboxylic acids is 2. The molecule has 0 aliphatic rings. The molecule has 1 rings (SSSR count). The number of benzene rings is 1. The fourth-order valence-electron chi connectivity index (χ4n) is 3.66. The molecule has 0 fully saturated rings. The highest BCUT2D eigenvalue weighted by Gasteiger charge is 2.43. The van der Waals surface area contributed by atoms with Crippen molar-refractivity contribution in [1.82, 2.24) is 10.4 Å². The van der Waals surface area contributed by atoms with Crippen molar-refractivity contribution < 1.29 is 33.7 Å². The molecule has 0 saturated heterocycles. The maximum atomic E-state index is 12.9. The fraction of sp³-hybridized carbons (Fsp3) is 0.643. The van der Waals surface area contributed by atoms with Gasteiger partial charge in [0.25, 0.3) is 0 Å². The van der Waals surface area contributed by atoms with Crippen molar-refractivity contribution >= 4 is 12.1 Å². The van der Waals surface area contributed by atoms with E-state index in [0.29, 0.717) is 12.2 Å². The summed E-state index contributed by atoms with van der Waals surface area (Å²) in [5, 5.41) is 15.1. The average molecular weight is 521 g/mol. The zero-order chi connectivity index (χ0) is 28.4. The van der Waals surface area contributed by atoms with E-state index >= 15 is 0 Å². The van der Waals surface area contributed by atoms with Gasteiger partial charge in [0.05, 0.1) is 25.3 Å². The molecule has 208 valence electrons. The summed E-state index contributed by atoms with van der Waals surface area (Å²) in [6, 6.07) is 5.22. The van der Waals surface area contributed by atoms with E-state index in [-0.39, 0.29) is 6.54 Å². The van der Waals surface area contributed by atoms with E-state index in [4.69, 9.17) is 18.9 Å². The SMILES string of the molecule is CCCC(C)(OC)C(NC(=O)OC(C)(C)C)C(C#CC(=O)OC(C)(C)C)N(O)Cc1ccc(OC)cc1. The van der Waals surface area contributed by atoms with Gasteiger partial charge in [-0.3, -0.25) is 0 Å². The molecule has 3 atom stereocenters. The average Bonchev–Trinajstić information content (AvgIpc) is 2.76. The third-order valence-electron chi connectivity index (χ3n) is 5.40. The molecule has 1 aromatic carbocycles. The molecule has 0 radical (unpaired) electrons. The Balaban J connectivity index is 3.51. The molecule has 37 heavy (non-hydrogen) atoms. The smallest absolute Gasteiger partial charge is 0.408 e. The molecule has 0 aromatic heterocycles. The number of esters is 1. The van der Waals surface area contributed by atoms with E-state index in [0.717, 1.165) is 17.0 Å². The first kappa shape index (κ1) is 32.2. The van der Waals surface area contributed by atoms with Crippen LogP contribution < -0.4 is 10.1 Å². The van der Waals surface area contributed by atoms with Crippen molar-refractivity contribution in [3.63, 3.8) is 0 Å². The molecule has 1 amide bonds. The van der Waals surface area contributed by atoms with E-state index in [2.05, 4.69) is 17.2 Å². The molecule has 9 heteroatoms. The van der Waals surface area contributed by atoms with E-state index in [1.165, 1.54) is 7.11 Å². The monoisotopic (exact) mass is 520 g/mol. The van der Waals surface area contributed by atoms with Gasteiger partial charge in [-0.25, -0.2) is 9.59 Å². The van der Waals surface area contributed by atoms with Crippen molar-refractivity contribution in [1.29, 1.82) is 0 Å². The summed E-state index contributed by atoms with van der Waals surface area (Å²) < 4.78 is 21.9. The molecule has 0 aliphatic heterocycles. The topological polar surface area (TPSA) is 107 Å². The van der Waals surface area contributed by atoms with Crippen molar-refractivity contribution in [2.45, 2.75) is 104 Å². The van der Waals surface area contributed by atoms with Gasteiger partial charge in [-0.15, -0.1) is 0 Å². The number of rotatable bonds is 10. The minimum Gasteiger partial charge on any atom is -0.497 e. The standard InChI is InChI=1S/C28H44N2O7/c1-11-18-28(8,35-10)24(29-25(32)37-27(5,6)7)22(16-17-23(31)36-26(2,3)4)30(33)19-20-12-14-21(34-9)15-13-20/h12-15,22,24,33H,11,18-19H2,1-10H3,(H,29,32). The van der Waals surface area contributed by atoms with Crippen LogP contribution in [-0.4, -0.2) is 65.4 Å². The molecule has 0 heterocycles. The third-order valence-corrected chi connectivity index (χ3v) is 5.40. The molecule has 0 bridgehead atoms. The first-order chi connectivity index (χ1) is 17.0. The van der Waals surface area contributed by atoms with E-state index in [9.17, 15) is 14.8 Å². The highest BCUT2D eigenvalue weighted by molar-refractivity contribution is 5.88. The third kappa shape index (κ3) is 11.4. The van der Waals surface area contributed by atoms with Gasteiger partial charge in [-0.05, 0) is 72.6 Å². The lowest BCUT2D eigenvalue weighted by Gasteiger charge is -2.41. The minimum absolute atomic E-state index is 0.0517. The van der Waals surface area contributed by atoms with Gasteiger partial charge in [-0.2, -0.15) is 5.06 Å². The Morgan fingerprint density at radius 1 is 1.00 bits per heavy atom. The maximum Gasteiger partial charge on any atom is 0.408 e. The van der Waals surface area contributed by atoms with Crippen LogP contribution in [0.3, 0.4) is 0 Å². The summed E-state index contributed by atoms with van der Waals surface area (Å²) in [5.41, 5.74) is -1.68. The predicted molar refractivity (Wildman–Crippen MR) is 141 cm³/mol. The van der Waals surface area contributed by atoms with E-state index in [1.807, 2.05) is 13.8 Å². The summed E-state index contributed by atoms with van der Waals surface area (Å²) in [6.45, 7) is 14.3. The largest absolute Gasteiger partial charge is 0.497 e. The second kappa shape index (κ2) is 13.7. The number of nitrogens with zero attached hydrogens (tertiary/aromatic N) is 1. The first-order valence-corrected chi connectivity index (χ1v) is 12.4. The Bertz CT molecular complexity index is 938. The molecule has 3 unspecified atom stereocenters. The van der Waals surface area contributed by atoms with Gasteiger partial charge in [0, 0.05) is 13.0 Å². The lowest BCUT2D eigenvalue weighted by atomic mass is 9.85. The van der Waals surface area contributed by atoms with Crippen molar-refractivity contribution in [2.75, 3.05) is 14.2 Å². The summed E-state index contributed by atoms with van der Waals surface area (Å²) in [6.07, 6.45) is 0.566. The number of nitrogens with one attached hydrogen (secondary N) is 1. The number of amides is 1. The second-order valence-electron chi connectivity index (χ2n) is 11.1. The molecule has 2 N–H and O–H groups in total. The summed E-state index contributed by atoms with van der Waals surface area (Å²) in [4.78, 5) is 25.3. The summed E-state index contributed by atoms with van der Waals surface area (Å²) >= 11 is 0. The molecule has 1 aromatic rings. The quantitative estimate of drug-likeness (QED) is 0.198. The minimum atomic E-state index is -1.06.